The number of hydrogen-bond donors (Lipinski definition) is 1. The minimum Gasteiger partial charge on any atom is -0.444 e. The topological polar surface area (TPSA) is 85.7 Å². The zero-order valence-corrected chi connectivity index (χ0v) is 20.1. The number of hydrogen-bond acceptors (Lipinski definition) is 5. The van der Waals surface area contributed by atoms with Crippen LogP contribution in [0.25, 0.3) is 0 Å². The molecule has 1 aliphatic rings. The Balaban J connectivity index is 1.65. The van der Waals surface area contributed by atoms with Gasteiger partial charge in [0.2, 0.25) is 0 Å². The molecule has 174 valence electrons. The van der Waals surface area contributed by atoms with Crippen molar-refractivity contribution >= 4 is 29.3 Å². The van der Waals surface area contributed by atoms with Gasteiger partial charge in [0.25, 0.3) is 5.91 Å². The molecule has 0 radical (unpaired) electrons. The fraction of sp³-hybridized carbons (Fsp3) is 0.400. The van der Waals surface area contributed by atoms with Gasteiger partial charge in [0.15, 0.2) is 0 Å². The van der Waals surface area contributed by atoms with Crippen molar-refractivity contribution in [3.63, 3.8) is 0 Å². The Hall–Kier alpha value is -3.08. The number of rotatable bonds is 4. The van der Waals surface area contributed by atoms with Crippen LogP contribution in [0.5, 0.6) is 0 Å². The second kappa shape index (κ2) is 10.2. The van der Waals surface area contributed by atoms with Gasteiger partial charge in [-0.25, -0.2) is 4.79 Å². The van der Waals surface area contributed by atoms with Gasteiger partial charge >= 0.3 is 6.09 Å². The fourth-order valence-electron chi connectivity index (χ4n) is 3.73. The van der Waals surface area contributed by atoms with E-state index in [0.29, 0.717) is 48.0 Å². The van der Waals surface area contributed by atoms with Crippen LogP contribution in [0.2, 0.25) is 5.02 Å². The summed E-state index contributed by atoms with van der Waals surface area (Å²) in [5, 5.41) is 12.4. The summed E-state index contributed by atoms with van der Waals surface area (Å²) in [6, 6.07) is 14.1. The highest BCUT2D eigenvalue weighted by Gasteiger charge is 2.31. The zero-order chi connectivity index (χ0) is 24.2. The molecule has 1 aliphatic heterocycles. The lowest BCUT2D eigenvalue weighted by atomic mass is 10.1. The summed E-state index contributed by atoms with van der Waals surface area (Å²) in [7, 11) is 0. The second-order valence-electron chi connectivity index (χ2n) is 9.18. The van der Waals surface area contributed by atoms with Crippen LogP contribution in [0.4, 0.5) is 10.5 Å². The number of amides is 2. The summed E-state index contributed by atoms with van der Waals surface area (Å²) in [6.07, 6.45) is -0.294. The van der Waals surface area contributed by atoms with Crippen LogP contribution in [-0.4, -0.2) is 53.1 Å². The summed E-state index contributed by atoms with van der Waals surface area (Å²) in [5.74, 6) is -0.328. The Labute approximate surface area is 199 Å². The highest BCUT2D eigenvalue weighted by atomic mass is 35.5. The van der Waals surface area contributed by atoms with Crippen molar-refractivity contribution in [1.82, 2.24) is 9.80 Å². The quantitative estimate of drug-likeness (QED) is 0.689. The third-order valence-electron chi connectivity index (χ3n) is 5.31. The molecule has 0 aliphatic carbocycles. The van der Waals surface area contributed by atoms with Crippen LogP contribution in [0, 0.1) is 11.3 Å². The molecule has 2 amide bonds. The van der Waals surface area contributed by atoms with Crippen molar-refractivity contribution in [3.05, 3.63) is 64.2 Å². The van der Waals surface area contributed by atoms with Crippen molar-refractivity contribution in [1.29, 1.82) is 5.26 Å². The molecule has 0 spiro atoms. The van der Waals surface area contributed by atoms with Crippen molar-refractivity contribution < 1.29 is 14.3 Å². The van der Waals surface area contributed by atoms with Gasteiger partial charge in [0, 0.05) is 37.8 Å². The highest BCUT2D eigenvalue weighted by molar-refractivity contribution is 6.34. The van der Waals surface area contributed by atoms with Gasteiger partial charge in [-0.15, -0.1) is 0 Å². The van der Waals surface area contributed by atoms with E-state index in [1.807, 2.05) is 45.9 Å². The molecule has 0 saturated carbocycles. The van der Waals surface area contributed by atoms with E-state index < -0.39 is 5.60 Å². The molecule has 3 rings (SSSR count). The van der Waals surface area contributed by atoms with Crippen molar-refractivity contribution in [2.75, 3.05) is 25.0 Å². The fourth-order valence-corrected chi connectivity index (χ4v) is 3.97. The number of nitrogens with one attached hydrogen (secondary N) is 1. The first-order valence-corrected chi connectivity index (χ1v) is 11.3. The summed E-state index contributed by atoms with van der Waals surface area (Å²) in [5.41, 5.74) is 1.69. The molecular weight excluding hydrogens is 440 g/mol. The third-order valence-corrected chi connectivity index (χ3v) is 5.76. The maximum atomic E-state index is 12.6. The van der Waals surface area contributed by atoms with Crippen LogP contribution < -0.4 is 5.32 Å². The Kier molecular flexibility index (Phi) is 7.62. The van der Waals surface area contributed by atoms with Gasteiger partial charge in [-0.2, -0.15) is 5.26 Å². The lowest BCUT2D eigenvalue weighted by Gasteiger charge is -2.40. The van der Waals surface area contributed by atoms with Gasteiger partial charge in [-0.05, 0) is 57.5 Å². The third kappa shape index (κ3) is 6.47. The van der Waals surface area contributed by atoms with E-state index in [0.717, 1.165) is 5.56 Å². The number of nitrogens with zero attached hydrogens (tertiary/aromatic N) is 3. The van der Waals surface area contributed by atoms with Gasteiger partial charge < -0.3 is 15.0 Å². The first-order valence-electron chi connectivity index (χ1n) is 10.9. The number of anilines is 1. The number of nitriles is 1. The number of ether oxygens (including phenoxy) is 1. The molecule has 33 heavy (non-hydrogen) atoms. The molecule has 7 nitrogen and oxygen atoms in total. The molecular formula is C25H29ClN4O3. The Morgan fingerprint density at radius 1 is 1.21 bits per heavy atom. The molecule has 0 bridgehead atoms. The molecule has 2 aromatic rings. The summed E-state index contributed by atoms with van der Waals surface area (Å²) >= 11 is 6.63. The second-order valence-corrected chi connectivity index (χ2v) is 9.56. The Morgan fingerprint density at radius 2 is 1.94 bits per heavy atom. The summed E-state index contributed by atoms with van der Waals surface area (Å²) < 4.78 is 5.51. The molecule has 1 fully saturated rings. The highest BCUT2D eigenvalue weighted by Crippen LogP contribution is 2.28. The van der Waals surface area contributed by atoms with Crippen LogP contribution >= 0.6 is 11.6 Å². The first-order chi connectivity index (χ1) is 15.6. The van der Waals surface area contributed by atoms with E-state index in [1.54, 1.807) is 35.2 Å². The standard InChI is InChI=1S/C25H29ClN4O3/c1-17-15-29(11-12-30(17)24(32)33-25(2,3)4)16-20-9-6-10-21(22(20)26)28-23(31)19-8-5-7-18(13-19)14-27/h5-10,13,17H,11-12,15-16H2,1-4H3,(H,28,31)/t17-/m0/s1. The van der Waals surface area contributed by atoms with Gasteiger partial charge in [0.05, 0.1) is 22.3 Å². The van der Waals surface area contributed by atoms with E-state index in [2.05, 4.69) is 10.2 Å². The number of carbonyl (C=O) groups is 2. The van der Waals surface area contributed by atoms with E-state index in [-0.39, 0.29) is 18.0 Å². The van der Waals surface area contributed by atoms with Crippen LogP contribution in [0.3, 0.4) is 0 Å². The Bertz CT molecular complexity index is 1070. The first kappa shape index (κ1) is 24.6. The molecule has 1 saturated heterocycles. The Morgan fingerprint density at radius 3 is 2.61 bits per heavy atom. The van der Waals surface area contributed by atoms with Crippen molar-refractivity contribution in [3.8, 4) is 6.07 Å². The molecule has 8 heteroatoms. The maximum Gasteiger partial charge on any atom is 0.410 e. The average molecular weight is 469 g/mol. The summed E-state index contributed by atoms with van der Waals surface area (Å²) in [6.45, 7) is 10.1. The number of carbonyl (C=O) groups excluding carboxylic acids is 2. The van der Waals surface area contributed by atoms with E-state index >= 15 is 0 Å². The largest absolute Gasteiger partial charge is 0.444 e. The van der Waals surface area contributed by atoms with Crippen molar-refractivity contribution in [2.45, 2.75) is 45.9 Å². The molecule has 0 unspecified atom stereocenters. The molecule has 1 heterocycles. The molecule has 1 N–H and O–H groups in total. The predicted molar refractivity (Wildman–Crippen MR) is 128 cm³/mol. The zero-order valence-electron chi connectivity index (χ0n) is 19.4. The van der Waals surface area contributed by atoms with Crippen LogP contribution in [0.1, 0.15) is 49.2 Å². The van der Waals surface area contributed by atoms with Gasteiger partial charge in [0.1, 0.15) is 5.60 Å². The number of halogens is 1. The van der Waals surface area contributed by atoms with E-state index in [9.17, 15) is 9.59 Å². The molecule has 2 aromatic carbocycles. The predicted octanol–water partition coefficient (Wildman–Crippen LogP) is 4.91. The number of benzene rings is 2. The maximum absolute atomic E-state index is 12.6. The summed E-state index contributed by atoms with van der Waals surface area (Å²) in [4.78, 5) is 29.1. The normalized spacial score (nSPS) is 16.7. The van der Waals surface area contributed by atoms with Crippen LogP contribution in [0.15, 0.2) is 42.5 Å². The van der Waals surface area contributed by atoms with E-state index in [1.165, 1.54) is 0 Å². The lowest BCUT2D eigenvalue weighted by Crippen LogP contribution is -2.54. The minimum atomic E-state index is -0.526. The lowest BCUT2D eigenvalue weighted by molar-refractivity contribution is 0.000559. The monoisotopic (exact) mass is 468 g/mol. The van der Waals surface area contributed by atoms with Gasteiger partial charge in [-0.1, -0.05) is 29.8 Å². The van der Waals surface area contributed by atoms with E-state index in [4.69, 9.17) is 21.6 Å². The number of piperazine rings is 1. The molecule has 1 atom stereocenters. The SMILES string of the molecule is C[C@H]1CN(Cc2cccc(NC(=O)c3cccc(C#N)c3)c2Cl)CCN1C(=O)OC(C)(C)C. The van der Waals surface area contributed by atoms with Gasteiger partial charge in [-0.3, -0.25) is 9.69 Å². The average Bonchev–Trinajstić information content (AvgIpc) is 2.75. The van der Waals surface area contributed by atoms with Crippen molar-refractivity contribution in [2.24, 2.45) is 0 Å². The van der Waals surface area contributed by atoms with Crippen LogP contribution in [-0.2, 0) is 11.3 Å². The molecule has 0 aromatic heterocycles. The smallest absolute Gasteiger partial charge is 0.410 e. The minimum absolute atomic E-state index is 0.00247.